The fraction of sp³-hybridized carbons (Fsp3) is 0.0500. The lowest BCUT2D eigenvalue weighted by atomic mass is 10.1. The Morgan fingerprint density at radius 2 is 1.65 bits per heavy atom. The number of nitrogen functional groups attached to an aromatic ring is 1. The number of nitrogens with two attached hydrogens (primary N) is 1. The molecule has 2 amide bonds. The zero-order chi connectivity index (χ0) is 18.1. The Hall–Kier alpha value is -3.67. The summed E-state index contributed by atoms with van der Waals surface area (Å²) in [6, 6.07) is 15.4. The second-order valence-electron chi connectivity index (χ2n) is 5.94. The molecular weight excluding hydrogens is 330 g/mol. The number of rotatable bonds is 4. The molecule has 0 unspecified atom stereocenters. The summed E-state index contributed by atoms with van der Waals surface area (Å²) in [6.07, 6.45) is 3.28. The van der Waals surface area contributed by atoms with Crippen LogP contribution in [0.4, 0.5) is 5.69 Å². The highest BCUT2D eigenvalue weighted by atomic mass is 16.5. The lowest BCUT2D eigenvalue weighted by molar-refractivity contribution is 0.0642. The Morgan fingerprint density at radius 3 is 2.38 bits per heavy atom. The Labute approximate surface area is 149 Å². The first-order valence-corrected chi connectivity index (χ1v) is 8.04. The zero-order valence-electron chi connectivity index (χ0n) is 13.8. The van der Waals surface area contributed by atoms with Gasteiger partial charge in [0.2, 0.25) is 0 Å². The van der Waals surface area contributed by atoms with Crippen molar-refractivity contribution in [2.45, 2.75) is 6.54 Å². The molecular formula is C20H15N3O3. The maximum absolute atomic E-state index is 12.7. The molecule has 2 aromatic carbocycles. The molecule has 0 spiro atoms. The largest absolute Gasteiger partial charge is 0.457 e. The average molecular weight is 345 g/mol. The Bertz CT molecular complexity index is 985. The smallest absolute Gasteiger partial charge is 0.262 e. The predicted molar refractivity (Wildman–Crippen MR) is 95.8 cm³/mol. The fourth-order valence-electron chi connectivity index (χ4n) is 2.82. The van der Waals surface area contributed by atoms with Crippen molar-refractivity contribution in [1.82, 2.24) is 9.88 Å². The summed E-state index contributed by atoms with van der Waals surface area (Å²) in [5, 5.41) is 0. The van der Waals surface area contributed by atoms with Crippen molar-refractivity contribution < 1.29 is 14.3 Å². The van der Waals surface area contributed by atoms with Crippen molar-refractivity contribution in [2.24, 2.45) is 0 Å². The van der Waals surface area contributed by atoms with E-state index >= 15 is 0 Å². The van der Waals surface area contributed by atoms with Crippen LogP contribution in [0, 0.1) is 0 Å². The van der Waals surface area contributed by atoms with E-state index in [4.69, 9.17) is 10.5 Å². The molecule has 0 saturated carbocycles. The summed E-state index contributed by atoms with van der Waals surface area (Å²) in [5.41, 5.74) is 7.81. The van der Waals surface area contributed by atoms with Gasteiger partial charge in [-0.2, -0.15) is 0 Å². The highest BCUT2D eigenvalue weighted by Gasteiger charge is 2.35. The van der Waals surface area contributed by atoms with Crippen LogP contribution in [0.3, 0.4) is 0 Å². The minimum Gasteiger partial charge on any atom is -0.457 e. The fourth-order valence-corrected chi connectivity index (χ4v) is 2.82. The van der Waals surface area contributed by atoms with Gasteiger partial charge < -0.3 is 10.5 Å². The molecule has 4 rings (SSSR count). The second kappa shape index (κ2) is 6.33. The van der Waals surface area contributed by atoms with Gasteiger partial charge in [-0.15, -0.1) is 0 Å². The molecule has 0 fully saturated rings. The third-order valence-corrected chi connectivity index (χ3v) is 4.12. The third kappa shape index (κ3) is 2.88. The van der Waals surface area contributed by atoms with Gasteiger partial charge in [-0.3, -0.25) is 19.5 Å². The second-order valence-corrected chi connectivity index (χ2v) is 5.94. The van der Waals surface area contributed by atoms with E-state index in [0.717, 1.165) is 5.56 Å². The number of anilines is 1. The van der Waals surface area contributed by atoms with Gasteiger partial charge in [0.05, 0.1) is 17.7 Å². The van der Waals surface area contributed by atoms with Crippen molar-refractivity contribution in [3.05, 3.63) is 83.7 Å². The number of hydrogen-bond acceptors (Lipinski definition) is 5. The first-order valence-electron chi connectivity index (χ1n) is 8.04. The molecule has 6 nitrogen and oxygen atoms in total. The van der Waals surface area contributed by atoms with Crippen LogP contribution in [0.25, 0.3) is 0 Å². The number of aromatic nitrogens is 1. The number of hydrogen-bond donors (Lipinski definition) is 1. The molecule has 0 radical (unpaired) electrons. The van der Waals surface area contributed by atoms with Crippen LogP contribution in [0.15, 0.2) is 67.0 Å². The summed E-state index contributed by atoms with van der Waals surface area (Å²) >= 11 is 0. The van der Waals surface area contributed by atoms with Crippen LogP contribution in [0.1, 0.15) is 26.3 Å². The quantitative estimate of drug-likeness (QED) is 0.579. The van der Waals surface area contributed by atoms with Crippen LogP contribution in [0.2, 0.25) is 0 Å². The molecule has 2 N–H and O–H groups in total. The van der Waals surface area contributed by atoms with Gasteiger partial charge in [-0.25, -0.2) is 0 Å². The molecule has 26 heavy (non-hydrogen) atoms. The summed E-state index contributed by atoms with van der Waals surface area (Å²) in [7, 11) is 0. The minimum atomic E-state index is -0.336. The average Bonchev–Trinajstić information content (AvgIpc) is 2.89. The Morgan fingerprint density at radius 1 is 0.923 bits per heavy atom. The number of amides is 2. The van der Waals surface area contributed by atoms with E-state index in [1.54, 1.807) is 60.9 Å². The van der Waals surface area contributed by atoms with E-state index in [1.807, 2.05) is 6.07 Å². The van der Waals surface area contributed by atoms with Gasteiger partial charge in [0, 0.05) is 18.1 Å². The number of nitrogens with zero attached hydrogens (tertiary/aromatic N) is 2. The minimum absolute atomic E-state index is 0.189. The molecule has 0 saturated heterocycles. The molecule has 0 bridgehead atoms. The standard InChI is InChI=1S/C20H15N3O3/c21-14-3-5-15(6-4-14)26-16-7-8-17-18(10-16)20(25)23(19(17)24)12-13-2-1-9-22-11-13/h1-11H,12,21H2. The van der Waals surface area contributed by atoms with Gasteiger partial charge in [-0.05, 0) is 54.1 Å². The van der Waals surface area contributed by atoms with E-state index in [1.165, 1.54) is 4.90 Å². The number of carbonyl (C=O) groups excluding carboxylic acids is 2. The highest BCUT2D eigenvalue weighted by molar-refractivity contribution is 6.21. The van der Waals surface area contributed by atoms with E-state index in [9.17, 15) is 9.59 Å². The van der Waals surface area contributed by atoms with E-state index in [-0.39, 0.29) is 18.4 Å². The summed E-state index contributed by atoms with van der Waals surface area (Å²) < 4.78 is 5.75. The van der Waals surface area contributed by atoms with Gasteiger partial charge in [0.15, 0.2) is 0 Å². The van der Waals surface area contributed by atoms with Gasteiger partial charge >= 0.3 is 0 Å². The van der Waals surface area contributed by atoms with Crippen molar-refractivity contribution in [1.29, 1.82) is 0 Å². The maximum atomic E-state index is 12.7. The predicted octanol–water partition coefficient (Wildman–Crippen LogP) is 3.25. The number of ether oxygens (including phenoxy) is 1. The Kier molecular flexibility index (Phi) is 3.85. The monoisotopic (exact) mass is 345 g/mol. The van der Waals surface area contributed by atoms with E-state index in [2.05, 4.69) is 4.98 Å². The van der Waals surface area contributed by atoms with Crippen LogP contribution < -0.4 is 10.5 Å². The number of pyridine rings is 1. The molecule has 0 atom stereocenters. The van der Waals surface area contributed by atoms with Gasteiger partial charge in [0.25, 0.3) is 11.8 Å². The van der Waals surface area contributed by atoms with Crippen molar-refractivity contribution in [3.8, 4) is 11.5 Å². The van der Waals surface area contributed by atoms with Crippen LogP contribution >= 0.6 is 0 Å². The maximum Gasteiger partial charge on any atom is 0.262 e. The topological polar surface area (TPSA) is 85.5 Å². The summed E-state index contributed by atoms with van der Waals surface area (Å²) in [6.45, 7) is 0.189. The van der Waals surface area contributed by atoms with Crippen LogP contribution in [-0.2, 0) is 6.54 Å². The highest BCUT2D eigenvalue weighted by Crippen LogP contribution is 2.30. The molecule has 1 aliphatic heterocycles. The summed E-state index contributed by atoms with van der Waals surface area (Å²) in [5.74, 6) is 0.436. The molecule has 2 heterocycles. The molecule has 0 aliphatic carbocycles. The van der Waals surface area contributed by atoms with Gasteiger partial charge in [-0.1, -0.05) is 6.07 Å². The van der Waals surface area contributed by atoms with E-state index < -0.39 is 0 Å². The molecule has 3 aromatic rings. The third-order valence-electron chi connectivity index (χ3n) is 4.12. The normalized spacial score (nSPS) is 13.0. The van der Waals surface area contributed by atoms with Gasteiger partial charge in [0.1, 0.15) is 11.5 Å². The molecule has 1 aliphatic rings. The van der Waals surface area contributed by atoms with E-state index in [0.29, 0.717) is 28.3 Å². The lowest BCUT2D eigenvalue weighted by Gasteiger charge is -2.13. The molecule has 1 aromatic heterocycles. The van der Waals surface area contributed by atoms with Crippen LogP contribution in [-0.4, -0.2) is 21.7 Å². The van der Waals surface area contributed by atoms with Crippen LogP contribution in [0.5, 0.6) is 11.5 Å². The SMILES string of the molecule is Nc1ccc(Oc2ccc3c(c2)C(=O)N(Cc2cccnc2)C3=O)cc1. The first-order chi connectivity index (χ1) is 12.6. The zero-order valence-corrected chi connectivity index (χ0v) is 13.8. The molecule has 6 heteroatoms. The number of carbonyl (C=O) groups is 2. The van der Waals surface area contributed by atoms with Crippen molar-refractivity contribution in [3.63, 3.8) is 0 Å². The summed E-state index contributed by atoms with van der Waals surface area (Å²) in [4.78, 5) is 30.5. The lowest BCUT2D eigenvalue weighted by Crippen LogP contribution is -2.29. The number of imide groups is 1. The molecule has 128 valence electrons. The number of fused-ring (bicyclic) bond motifs is 1. The first kappa shape index (κ1) is 15.8. The van der Waals surface area contributed by atoms with Crippen molar-refractivity contribution >= 4 is 17.5 Å². The van der Waals surface area contributed by atoms with Crippen molar-refractivity contribution in [2.75, 3.05) is 5.73 Å². The Balaban J connectivity index is 1.58. The number of benzene rings is 2.